The summed E-state index contributed by atoms with van der Waals surface area (Å²) in [6.07, 6.45) is 3.25. The maximum atomic E-state index is 12.4. The van der Waals surface area contributed by atoms with Crippen LogP contribution in [0.15, 0.2) is 30.6 Å². The van der Waals surface area contributed by atoms with Gasteiger partial charge in [-0.15, -0.1) is 0 Å². The summed E-state index contributed by atoms with van der Waals surface area (Å²) in [5.41, 5.74) is 7.40. The first-order valence-electron chi connectivity index (χ1n) is 6.15. The summed E-state index contributed by atoms with van der Waals surface area (Å²) >= 11 is 0. The number of benzene rings is 1. The van der Waals surface area contributed by atoms with Crippen molar-refractivity contribution in [3.63, 3.8) is 0 Å². The van der Waals surface area contributed by atoms with Crippen molar-refractivity contribution >= 4 is 16.9 Å². The number of likely N-dealkylation sites (N-methyl/N-ethyl adjacent to an activating group) is 1. The molecule has 0 aliphatic carbocycles. The Morgan fingerprint density at radius 1 is 1.26 bits per heavy atom. The van der Waals surface area contributed by atoms with Gasteiger partial charge >= 0.3 is 0 Å². The maximum absolute atomic E-state index is 12.4. The predicted molar refractivity (Wildman–Crippen MR) is 74.8 cm³/mol. The third kappa shape index (κ3) is 2.56. The fourth-order valence-corrected chi connectivity index (χ4v) is 1.70. The quantitative estimate of drug-likeness (QED) is 0.904. The summed E-state index contributed by atoms with van der Waals surface area (Å²) < 4.78 is 0. The second-order valence-electron chi connectivity index (χ2n) is 5.14. The summed E-state index contributed by atoms with van der Waals surface area (Å²) in [7, 11) is 1.76. The van der Waals surface area contributed by atoms with Crippen molar-refractivity contribution in [1.82, 2.24) is 14.9 Å². The number of fused-ring (bicyclic) bond motifs is 1. The molecule has 1 aromatic heterocycles. The molecule has 100 valence electrons. The van der Waals surface area contributed by atoms with E-state index in [0.717, 1.165) is 5.52 Å². The normalized spacial score (nSPS) is 11.6. The van der Waals surface area contributed by atoms with Gasteiger partial charge < -0.3 is 10.6 Å². The molecule has 0 aliphatic heterocycles. The lowest BCUT2D eigenvalue weighted by atomic mass is 10.0. The molecule has 0 saturated carbocycles. The van der Waals surface area contributed by atoms with Gasteiger partial charge in [0.1, 0.15) is 0 Å². The predicted octanol–water partition coefficient (Wildman–Crippen LogP) is 1.44. The zero-order valence-corrected chi connectivity index (χ0v) is 11.4. The Morgan fingerprint density at radius 3 is 2.53 bits per heavy atom. The van der Waals surface area contributed by atoms with Crippen molar-refractivity contribution < 1.29 is 4.79 Å². The number of carbonyl (C=O) groups excluding carboxylic acids is 1. The van der Waals surface area contributed by atoms with Crippen LogP contribution in [0, 0.1) is 0 Å². The van der Waals surface area contributed by atoms with Gasteiger partial charge in [0.15, 0.2) is 0 Å². The molecular weight excluding hydrogens is 240 g/mol. The van der Waals surface area contributed by atoms with E-state index in [1.54, 1.807) is 42.5 Å². The number of amides is 1. The molecule has 0 radical (unpaired) electrons. The molecular formula is C14H18N4O. The number of rotatable bonds is 3. The first-order chi connectivity index (χ1) is 8.95. The fraction of sp³-hybridized carbons (Fsp3) is 0.357. The standard InChI is InChI=1S/C14H18N4O/c1-14(2,9-15)18(3)13(19)10-4-5-11-12(8-10)17-7-6-16-11/h4-8H,9,15H2,1-3H3. The zero-order valence-electron chi connectivity index (χ0n) is 11.4. The third-order valence-electron chi connectivity index (χ3n) is 3.43. The first kappa shape index (κ1) is 13.4. The van der Waals surface area contributed by atoms with Gasteiger partial charge in [0.05, 0.1) is 11.0 Å². The summed E-state index contributed by atoms with van der Waals surface area (Å²) in [6.45, 7) is 4.28. The molecule has 5 nitrogen and oxygen atoms in total. The Balaban J connectivity index is 2.36. The minimum atomic E-state index is -0.381. The lowest BCUT2D eigenvalue weighted by Gasteiger charge is -2.34. The van der Waals surface area contributed by atoms with Crippen molar-refractivity contribution in [1.29, 1.82) is 0 Å². The van der Waals surface area contributed by atoms with Crippen molar-refractivity contribution in [2.75, 3.05) is 13.6 Å². The minimum Gasteiger partial charge on any atom is -0.335 e. The van der Waals surface area contributed by atoms with Crippen LogP contribution in [-0.2, 0) is 0 Å². The molecule has 0 saturated heterocycles. The average molecular weight is 258 g/mol. The molecule has 19 heavy (non-hydrogen) atoms. The van der Waals surface area contributed by atoms with Crippen LogP contribution >= 0.6 is 0 Å². The Bertz CT molecular complexity index is 609. The highest BCUT2D eigenvalue weighted by atomic mass is 16.2. The molecule has 1 amide bonds. The highest BCUT2D eigenvalue weighted by molar-refractivity contribution is 5.97. The van der Waals surface area contributed by atoms with Crippen molar-refractivity contribution in [2.24, 2.45) is 5.73 Å². The first-order valence-corrected chi connectivity index (χ1v) is 6.15. The molecule has 0 aliphatic rings. The lowest BCUT2D eigenvalue weighted by molar-refractivity contribution is 0.0640. The second kappa shape index (κ2) is 4.93. The molecule has 0 spiro atoms. The molecule has 5 heteroatoms. The van der Waals surface area contributed by atoms with Gasteiger partial charge in [0, 0.05) is 37.1 Å². The molecule has 1 aromatic carbocycles. The van der Waals surface area contributed by atoms with Crippen molar-refractivity contribution in [2.45, 2.75) is 19.4 Å². The van der Waals surface area contributed by atoms with Crippen molar-refractivity contribution in [3.8, 4) is 0 Å². The summed E-state index contributed by atoms with van der Waals surface area (Å²) in [5.74, 6) is -0.0667. The second-order valence-corrected chi connectivity index (χ2v) is 5.14. The zero-order chi connectivity index (χ0) is 14.0. The van der Waals surface area contributed by atoms with E-state index in [1.165, 1.54) is 0 Å². The van der Waals surface area contributed by atoms with Gasteiger partial charge in [-0.05, 0) is 32.0 Å². The third-order valence-corrected chi connectivity index (χ3v) is 3.43. The van der Waals surface area contributed by atoms with E-state index in [9.17, 15) is 4.79 Å². The smallest absolute Gasteiger partial charge is 0.254 e. The van der Waals surface area contributed by atoms with E-state index in [-0.39, 0.29) is 11.4 Å². The number of nitrogens with zero attached hydrogens (tertiary/aromatic N) is 3. The van der Waals surface area contributed by atoms with Gasteiger partial charge in [-0.1, -0.05) is 0 Å². The van der Waals surface area contributed by atoms with Crippen LogP contribution in [0.5, 0.6) is 0 Å². The van der Waals surface area contributed by atoms with E-state index in [4.69, 9.17) is 5.73 Å². The molecule has 2 N–H and O–H groups in total. The number of carbonyl (C=O) groups is 1. The fourth-order valence-electron chi connectivity index (χ4n) is 1.70. The topological polar surface area (TPSA) is 72.1 Å². The van der Waals surface area contributed by atoms with Crippen LogP contribution in [0.25, 0.3) is 11.0 Å². The summed E-state index contributed by atoms with van der Waals surface area (Å²) in [6, 6.07) is 5.33. The van der Waals surface area contributed by atoms with Crippen LogP contribution < -0.4 is 5.73 Å². The SMILES string of the molecule is CN(C(=O)c1ccc2nccnc2c1)C(C)(C)CN. The number of hydrogen-bond acceptors (Lipinski definition) is 4. The van der Waals surface area contributed by atoms with Crippen LogP contribution in [0.4, 0.5) is 0 Å². The average Bonchev–Trinajstić information content (AvgIpc) is 2.45. The molecule has 2 rings (SSSR count). The van der Waals surface area contributed by atoms with Crippen molar-refractivity contribution in [3.05, 3.63) is 36.2 Å². The minimum absolute atomic E-state index is 0.0667. The number of nitrogens with two attached hydrogens (primary N) is 1. The van der Waals surface area contributed by atoms with Gasteiger partial charge in [-0.25, -0.2) is 0 Å². The van der Waals surface area contributed by atoms with E-state index in [0.29, 0.717) is 17.6 Å². The van der Waals surface area contributed by atoms with Gasteiger partial charge in [-0.2, -0.15) is 0 Å². The lowest BCUT2D eigenvalue weighted by Crippen LogP contribution is -2.50. The Kier molecular flexibility index (Phi) is 3.48. The van der Waals surface area contributed by atoms with E-state index < -0.39 is 0 Å². The molecule has 0 unspecified atom stereocenters. The monoisotopic (exact) mass is 258 g/mol. The van der Waals surface area contributed by atoms with Crippen LogP contribution in [0.1, 0.15) is 24.2 Å². The van der Waals surface area contributed by atoms with Crippen LogP contribution in [0.2, 0.25) is 0 Å². The maximum Gasteiger partial charge on any atom is 0.254 e. The van der Waals surface area contributed by atoms with Gasteiger partial charge in [0.25, 0.3) is 5.91 Å². The van der Waals surface area contributed by atoms with Gasteiger partial charge in [-0.3, -0.25) is 14.8 Å². The molecule has 2 aromatic rings. The van der Waals surface area contributed by atoms with Crippen LogP contribution in [-0.4, -0.2) is 39.9 Å². The highest BCUT2D eigenvalue weighted by Crippen LogP contribution is 2.17. The number of hydrogen-bond donors (Lipinski definition) is 1. The largest absolute Gasteiger partial charge is 0.335 e. The molecule has 0 bridgehead atoms. The highest BCUT2D eigenvalue weighted by Gasteiger charge is 2.26. The van der Waals surface area contributed by atoms with E-state index >= 15 is 0 Å². The Morgan fingerprint density at radius 2 is 1.89 bits per heavy atom. The summed E-state index contributed by atoms with van der Waals surface area (Å²) in [5, 5.41) is 0. The van der Waals surface area contributed by atoms with Gasteiger partial charge in [0.2, 0.25) is 0 Å². The molecule has 0 atom stereocenters. The summed E-state index contributed by atoms with van der Waals surface area (Å²) in [4.78, 5) is 22.5. The Labute approximate surface area is 112 Å². The van der Waals surface area contributed by atoms with E-state index in [1.807, 2.05) is 13.8 Å². The number of aromatic nitrogens is 2. The van der Waals surface area contributed by atoms with E-state index in [2.05, 4.69) is 9.97 Å². The Hall–Kier alpha value is -2.01. The molecule has 0 fully saturated rings. The molecule has 1 heterocycles. The van der Waals surface area contributed by atoms with Crippen LogP contribution in [0.3, 0.4) is 0 Å².